The van der Waals surface area contributed by atoms with Gasteiger partial charge in [0.15, 0.2) is 0 Å². The van der Waals surface area contributed by atoms with E-state index in [0.717, 1.165) is 51.0 Å². The molecule has 5 rings (SSSR count). The average molecular weight is 468 g/mol. The molecule has 1 atom stereocenters. The van der Waals surface area contributed by atoms with Crippen molar-refractivity contribution in [3.05, 3.63) is 94.7 Å². The van der Waals surface area contributed by atoms with Crippen LogP contribution in [0.5, 0.6) is 5.75 Å². The van der Waals surface area contributed by atoms with E-state index < -0.39 is 0 Å². The topological polar surface area (TPSA) is 63.6 Å². The smallest absolute Gasteiger partial charge is 0.272 e. The molecule has 1 aliphatic rings. The number of benzene rings is 3. The van der Waals surface area contributed by atoms with Gasteiger partial charge < -0.3 is 19.5 Å². The van der Waals surface area contributed by atoms with E-state index in [1.54, 1.807) is 12.0 Å². The summed E-state index contributed by atoms with van der Waals surface area (Å²) < 4.78 is 7.28. The number of rotatable bonds is 6. The molecule has 0 unspecified atom stereocenters. The van der Waals surface area contributed by atoms with Crippen molar-refractivity contribution in [2.75, 3.05) is 19.0 Å². The standard InChI is InChI=1S/C29H29N3O3/c1-5-19-10-8-9-18(2)26(19)30-24(33)17-32-27(20-13-15-21(35-4)16-14-20)25-22-11-6-7-12-23(22)31(3)28(25)29(32)34/h6-16,27H,5,17H2,1-4H3,(H,30,33)/t27-/m0/s1. The van der Waals surface area contributed by atoms with Crippen molar-refractivity contribution in [2.24, 2.45) is 7.05 Å². The molecule has 6 nitrogen and oxygen atoms in total. The first-order valence-corrected chi connectivity index (χ1v) is 11.8. The molecule has 35 heavy (non-hydrogen) atoms. The first-order valence-electron chi connectivity index (χ1n) is 11.8. The number of aromatic nitrogens is 1. The quantitative estimate of drug-likeness (QED) is 0.422. The Morgan fingerprint density at radius 3 is 2.49 bits per heavy atom. The number of anilines is 1. The van der Waals surface area contributed by atoms with Crippen molar-refractivity contribution in [3.8, 4) is 5.75 Å². The summed E-state index contributed by atoms with van der Waals surface area (Å²) in [6.45, 7) is 4.00. The van der Waals surface area contributed by atoms with Crippen molar-refractivity contribution >= 4 is 28.4 Å². The number of carbonyl (C=O) groups excluding carboxylic acids is 2. The lowest BCUT2D eigenvalue weighted by Gasteiger charge is -2.26. The number of nitrogens with zero attached hydrogens (tertiary/aromatic N) is 2. The Labute approximate surface area is 205 Å². The zero-order valence-electron chi connectivity index (χ0n) is 20.5. The fraction of sp³-hybridized carbons (Fsp3) is 0.241. The lowest BCUT2D eigenvalue weighted by Crippen LogP contribution is -2.37. The fourth-order valence-corrected chi connectivity index (χ4v) is 5.20. The highest BCUT2D eigenvalue weighted by Gasteiger charge is 2.42. The second-order valence-electron chi connectivity index (χ2n) is 8.96. The van der Waals surface area contributed by atoms with Gasteiger partial charge in [-0.15, -0.1) is 0 Å². The molecule has 1 aromatic heterocycles. The van der Waals surface area contributed by atoms with Crippen LogP contribution < -0.4 is 10.1 Å². The van der Waals surface area contributed by atoms with Crippen LogP contribution in [0.25, 0.3) is 10.9 Å². The van der Waals surface area contributed by atoms with E-state index in [2.05, 4.69) is 12.2 Å². The minimum Gasteiger partial charge on any atom is -0.497 e. The molecule has 0 radical (unpaired) electrons. The zero-order valence-corrected chi connectivity index (χ0v) is 20.5. The molecule has 1 aliphatic heterocycles. The Morgan fingerprint density at radius 1 is 1.03 bits per heavy atom. The SMILES string of the molecule is CCc1cccc(C)c1NC(=O)CN1C(=O)c2c(c3ccccc3n2C)[C@@H]1c1ccc(OC)cc1. The molecule has 3 aromatic carbocycles. The number of methoxy groups -OCH3 is 1. The van der Waals surface area contributed by atoms with Gasteiger partial charge in [0.1, 0.15) is 18.0 Å². The van der Waals surface area contributed by atoms with Gasteiger partial charge in [-0.3, -0.25) is 9.59 Å². The van der Waals surface area contributed by atoms with E-state index in [0.29, 0.717) is 5.69 Å². The fourth-order valence-electron chi connectivity index (χ4n) is 5.20. The molecule has 0 fully saturated rings. The van der Waals surface area contributed by atoms with Crippen LogP contribution >= 0.6 is 0 Å². The highest BCUT2D eigenvalue weighted by molar-refractivity contribution is 6.08. The van der Waals surface area contributed by atoms with Crippen molar-refractivity contribution < 1.29 is 14.3 Å². The Balaban J connectivity index is 1.56. The van der Waals surface area contributed by atoms with E-state index >= 15 is 0 Å². The number of para-hydroxylation sites is 2. The number of carbonyl (C=O) groups is 2. The van der Waals surface area contributed by atoms with Crippen LogP contribution in [0.15, 0.2) is 66.7 Å². The van der Waals surface area contributed by atoms with Crippen LogP contribution in [0.2, 0.25) is 0 Å². The molecule has 2 heterocycles. The largest absolute Gasteiger partial charge is 0.497 e. The maximum absolute atomic E-state index is 13.8. The van der Waals surface area contributed by atoms with Gasteiger partial charge in [-0.05, 0) is 48.2 Å². The summed E-state index contributed by atoms with van der Waals surface area (Å²) in [7, 11) is 3.54. The molecule has 4 aromatic rings. The Morgan fingerprint density at radius 2 is 1.77 bits per heavy atom. The molecule has 0 aliphatic carbocycles. The monoisotopic (exact) mass is 467 g/mol. The van der Waals surface area contributed by atoms with E-state index in [1.165, 1.54) is 0 Å². The highest BCUT2D eigenvalue weighted by atomic mass is 16.5. The predicted molar refractivity (Wildman–Crippen MR) is 138 cm³/mol. The van der Waals surface area contributed by atoms with Crippen LogP contribution in [-0.4, -0.2) is 34.9 Å². The number of fused-ring (bicyclic) bond motifs is 3. The van der Waals surface area contributed by atoms with Gasteiger partial charge in [0.25, 0.3) is 5.91 Å². The van der Waals surface area contributed by atoms with E-state index in [1.807, 2.05) is 85.3 Å². The van der Waals surface area contributed by atoms with Gasteiger partial charge in [-0.1, -0.05) is 55.5 Å². The van der Waals surface area contributed by atoms with Gasteiger partial charge >= 0.3 is 0 Å². The summed E-state index contributed by atoms with van der Waals surface area (Å²) in [5, 5.41) is 4.10. The number of nitrogens with one attached hydrogen (secondary N) is 1. The molecule has 178 valence electrons. The zero-order chi connectivity index (χ0) is 24.7. The average Bonchev–Trinajstić information content (AvgIpc) is 3.32. The maximum atomic E-state index is 13.8. The second-order valence-corrected chi connectivity index (χ2v) is 8.96. The molecule has 2 amide bonds. The first kappa shape index (κ1) is 22.7. The molecule has 0 saturated heterocycles. The van der Waals surface area contributed by atoms with E-state index in [4.69, 9.17) is 4.74 Å². The Bertz CT molecular complexity index is 1440. The normalized spacial score (nSPS) is 14.9. The van der Waals surface area contributed by atoms with Crippen LogP contribution in [0.4, 0.5) is 5.69 Å². The third-order valence-electron chi connectivity index (χ3n) is 6.94. The minimum atomic E-state index is -0.372. The predicted octanol–water partition coefficient (Wildman–Crippen LogP) is 5.24. The van der Waals surface area contributed by atoms with Gasteiger partial charge in [0, 0.05) is 29.2 Å². The van der Waals surface area contributed by atoms with Gasteiger partial charge in [0.2, 0.25) is 5.91 Å². The number of amides is 2. The third kappa shape index (κ3) is 3.75. The summed E-state index contributed by atoms with van der Waals surface area (Å²) in [5.74, 6) is 0.389. The van der Waals surface area contributed by atoms with Crippen LogP contribution in [0.1, 0.15) is 45.7 Å². The number of hydrogen-bond acceptors (Lipinski definition) is 3. The van der Waals surface area contributed by atoms with E-state index in [-0.39, 0.29) is 24.4 Å². The number of hydrogen-bond donors (Lipinski definition) is 1. The Hall–Kier alpha value is -4.06. The molecule has 0 saturated carbocycles. The molecule has 1 N–H and O–H groups in total. The van der Waals surface area contributed by atoms with Crippen molar-refractivity contribution in [1.29, 1.82) is 0 Å². The molecule has 6 heteroatoms. The second kappa shape index (κ2) is 8.95. The molecular formula is C29H29N3O3. The van der Waals surface area contributed by atoms with Crippen molar-refractivity contribution in [2.45, 2.75) is 26.3 Å². The molecular weight excluding hydrogens is 438 g/mol. The summed E-state index contributed by atoms with van der Waals surface area (Å²) in [4.78, 5) is 28.8. The summed E-state index contributed by atoms with van der Waals surface area (Å²) in [6, 6.07) is 21.4. The van der Waals surface area contributed by atoms with Gasteiger partial charge in [-0.25, -0.2) is 0 Å². The first-order chi connectivity index (χ1) is 16.9. The van der Waals surface area contributed by atoms with Gasteiger partial charge in [0.05, 0.1) is 13.2 Å². The van der Waals surface area contributed by atoms with Crippen LogP contribution in [0.3, 0.4) is 0 Å². The van der Waals surface area contributed by atoms with Crippen molar-refractivity contribution in [3.63, 3.8) is 0 Å². The maximum Gasteiger partial charge on any atom is 0.272 e. The lowest BCUT2D eigenvalue weighted by molar-refractivity contribution is -0.117. The summed E-state index contributed by atoms with van der Waals surface area (Å²) >= 11 is 0. The highest BCUT2D eigenvalue weighted by Crippen LogP contribution is 2.44. The van der Waals surface area contributed by atoms with Crippen molar-refractivity contribution in [1.82, 2.24) is 9.47 Å². The molecule has 0 bridgehead atoms. The number of ether oxygens (including phenoxy) is 1. The third-order valence-corrected chi connectivity index (χ3v) is 6.94. The summed E-state index contributed by atoms with van der Waals surface area (Å²) in [5.41, 5.74) is 6.42. The number of aryl methyl sites for hydroxylation is 3. The lowest BCUT2D eigenvalue weighted by atomic mass is 9.98. The molecule has 0 spiro atoms. The van der Waals surface area contributed by atoms with Crippen LogP contribution in [0, 0.1) is 6.92 Å². The van der Waals surface area contributed by atoms with E-state index in [9.17, 15) is 9.59 Å². The Kier molecular flexibility index (Phi) is 5.81. The van der Waals surface area contributed by atoms with Gasteiger partial charge in [-0.2, -0.15) is 0 Å². The minimum absolute atomic E-state index is 0.0456. The van der Waals surface area contributed by atoms with Crippen LogP contribution in [-0.2, 0) is 18.3 Å². The summed E-state index contributed by atoms with van der Waals surface area (Å²) in [6.07, 6.45) is 0.811.